The van der Waals surface area contributed by atoms with Crippen LogP contribution in [0.5, 0.6) is 5.75 Å². The van der Waals surface area contributed by atoms with Gasteiger partial charge >= 0.3 is 0 Å². The van der Waals surface area contributed by atoms with Crippen LogP contribution in [-0.4, -0.2) is 15.0 Å². The van der Waals surface area contributed by atoms with Crippen molar-refractivity contribution >= 4 is 0 Å². The van der Waals surface area contributed by atoms with Crippen LogP contribution in [0.3, 0.4) is 0 Å². The third-order valence-electron chi connectivity index (χ3n) is 2.58. The first-order valence-corrected chi connectivity index (χ1v) is 6.36. The average Bonchev–Trinajstić information content (AvgIpc) is 2.82. The van der Waals surface area contributed by atoms with Crippen molar-refractivity contribution in [2.45, 2.75) is 40.8 Å². The van der Waals surface area contributed by atoms with E-state index in [1.54, 1.807) is 4.68 Å². The molecule has 0 N–H and O–H groups in total. The lowest BCUT2D eigenvalue weighted by molar-refractivity contribution is 0.218. The van der Waals surface area contributed by atoms with Crippen LogP contribution >= 0.6 is 0 Å². The topological polar surface area (TPSA) is 39.9 Å². The molecule has 0 amide bonds. The molecule has 19 heavy (non-hydrogen) atoms. The maximum atomic E-state index is 7.26. The van der Waals surface area contributed by atoms with Crippen molar-refractivity contribution in [2.24, 2.45) is 5.41 Å². The van der Waals surface area contributed by atoms with Gasteiger partial charge in [-0.2, -0.15) is 0 Å². The fourth-order valence-electron chi connectivity index (χ4n) is 1.75. The fraction of sp³-hybridized carbons (Fsp3) is 0.467. The van der Waals surface area contributed by atoms with E-state index in [0.717, 1.165) is 23.4 Å². The van der Waals surface area contributed by atoms with E-state index in [0.29, 0.717) is 13.6 Å². The van der Waals surface area contributed by atoms with Crippen molar-refractivity contribution in [3.63, 3.8) is 0 Å². The SMILES string of the molecule is [2H]Cc1ccc(OCn2cc(CC(C)(C)C)nn2)cc1. The molecule has 0 atom stereocenters. The van der Waals surface area contributed by atoms with Gasteiger partial charge in [-0.15, -0.1) is 5.10 Å². The van der Waals surface area contributed by atoms with Gasteiger partial charge in [0.15, 0.2) is 6.73 Å². The Morgan fingerprint density at radius 3 is 2.63 bits per heavy atom. The molecule has 4 heteroatoms. The number of nitrogens with zero attached hydrogens (tertiary/aromatic N) is 3. The third-order valence-corrected chi connectivity index (χ3v) is 2.58. The molecule has 102 valence electrons. The summed E-state index contributed by atoms with van der Waals surface area (Å²) >= 11 is 0. The molecule has 1 aromatic heterocycles. The summed E-state index contributed by atoms with van der Waals surface area (Å²) in [6, 6.07) is 7.54. The molecule has 0 saturated heterocycles. The van der Waals surface area contributed by atoms with E-state index >= 15 is 0 Å². The fourth-order valence-corrected chi connectivity index (χ4v) is 1.75. The van der Waals surface area contributed by atoms with Crippen molar-refractivity contribution in [3.8, 4) is 5.75 Å². The summed E-state index contributed by atoms with van der Waals surface area (Å²) in [6.45, 7) is 7.17. The Bertz CT molecular complexity index is 543. The zero-order chi connectivity index (χ0) is 14.6. The van der Waals surface area contributed by atoms with Gasteiger partial charge in [0, 0.05) is 1.37 Å². The van der Waals surface area contributed by atoms with Crippen molar-refractivity contribution in [2.75, 3.05) is 0 Å². The van der Waals surface area contributed by atoms with Gasteiger partial charge in [0.1, 0.15) is 5.75 Å². The Labute approximate surface area is 115 Å². The smallest absolute Gasteiger partial charge is 0.182 e. The van der Waals surface area contributed by atoms with Gasteiger partial charge in [-0.25, -0.2) is 4.68 Å². The molecule has 0 spiro atoms. The highest BCUT2D eigenvalue weighted by atomic mass is 16.5. The number of hydrogen-bond donors (Lipinski definition) is 0. The predicted molar refractivity (Wildman–Crippen MR) is 75.0 cm³/mol. The second-order valence-electron chi connectivity index (χ2n) is 5.90. The highest BCUT2D eigenvalue weighted by Gasteiger charge is 2.13. The molecular formula is C15H21N3O. The monoisotopic (exact) mass is 260 g/mol. The van der Waals surface area contributed by atoms with Gasteiger partial charge in [0.05, 0.1) is 11.9 Å². The summed E-state index contributed by atoms with van der Waals surface area (Å²) in [5.41, 5.74) is 2.16. The molecular weight excluding hydrogens is 238 g/mol. The molecule has 4 nitrogen and oxygen atoms in total. The van der Waals surface area contributed by atoms with Crippen LogP contribution in [-0.2, 0) is 13.2 Å². The molecule has 0 aliphatic carbocycles. The standard InChI is InChI=1S/C15H21N3O/c1-12-5-7-14(8-6-12)19-11-18-10-13(16-17-18)9-15(2,3)4/h5-8,10H,9,11H2,1-4H3/i1D. The Kier molecular flexibility index (Phi) is 3.49. The van der Waals surface area contributed by atoms with Crippen LogP contribution in [0, 0.1) is 12.3 Å². The van der Waals surface area contributed by atoms with E-state index in [2.05, 4.69) is 31.1 Å². The Morgan fingerprint density at radius 1 is 1.26 bits per heavy atom. The first kappa shape index (κ1) is 12.2. The number of aryl methyl sites for hydroxylation is 1. The van der Waals surface area contributed by atoms with E-state index in [9.17, 15) is 0 Å². The first-order chi connectivity index (χ1) is 9.46. The van der Waals surface area contributed by atoms with Crippen LogP contribution in [0.15, 0.2) is 30.5 Å². The van der Waals surface area contributed by atoms with Gasteiger partial charge in [0.25, 0.3) is 0 Å². The minimum absolute atomic E-state index is 0.202. The molecule has 0 saturated carbocycles. The van der Waals surface area contributed by atoms with Crippen LogP contribution in [0.1, 0.15) is 33.4 Å². The molecule has 0 aliphatic rings. The summed E-state index contributed by atoms with van der Waals surface area (Å²) in [4.78, 5) is 0. The zero-order valence-corrected chi connectivity index (χ0v) is 11.8. The van der Waals surface area contributed by atoms with Gasteiger partial charge in [0.2, 0.25) is 0 Å². The Hall–Kier alpha value is -1.84. The lowest BCUT2D eigenvalue weighted by atomic mass is 9.91. The van der Waals surface area contributed by atoms with Gasteiger partial charge in [-0.05, 0) is 30.9 Å². The number of benzene rings is 1. The minimum atomic E-state index is 0.202. The molecule has 1 aromatic carbocycles. The summed E-state index contributed by atoms with van der Waals surface area (Å²) in [6.07, 6.45) is 2.81. The highest BCUT2D eigenvalue weighted by Crippen LogP contribution is 2.18. The zero-order valence-electron chi connectivity index (χ0n) is 12.8. The van der Waals surface area contributed by atoms with E-state index in [4.69, 9.17) is 6.11 Å². The second kappa shape index (κ2) is 5.43. The molecule has 0 aliphatic heterocycles. The summed E-state index contributed by atoms with van der Waals surface area (Å²) in [7, 11) is 0. The average molecular weight is 260 g/mol. The van der Waals surface area contributed by atoms with E-state index in [1.807, 2.05) is 30.5 Å². The largest absolute Gasteiger partial charge is 0.471 e. The highest BCUT2D eigenvalue weighted by molar-refractivity contribution is 5.26. The van der Waals surface area contributed by atoms with Crippen molar-refractivity contribution in [1.29, 1.82) is 0 Å². The lowest BCUT2D eigenvalue weighted by Crippen LogP contribution is -2.09. The Morgan fingerprint density at radius 2 is 2.00 bits per heavy atom. The summed E-state index contributed by atoms with van der Waals surface area (Å²) in [5, 5.41) is 8.21. The van der Waals surface area contributed by atoms with E-state index < -0.39 is 0 Å². The molecule has 2 rings (SSSR count). The lowest BCUT2D eigenvalue weighted by Gasteiger charge is -2.15. The quantitative estimate of drug-likeness (QED) is 0.847. The first-order valence-electron chi connectivity index (χ1n) is 7.07. The molecule has 0 bridgehead atoms. The van der Waals surface area contributed by atoms with Gasteiger partial charge < -0.3 is 4.74 Å². The maximum absolute atomic E-state index is 7.26. The van der Waals surface area contributed by atoms with Crippen LogP contribution in [0.25, 0.3) is 0 Å². The van der Waals surface area contributed by atoms with Crippen molar-refractivity contribution in [3.05, 3.63) is 41.7 Å². The Balaban J connectivity index is 1.90. The van der Waals surface area contributed by atoms with Gasteiger partial charge in [-0.3, -0.25) is 0 Å². The van der Waals surface area contributed by atoms with E-state index in [-0.39, 0.29) is 5.41 Å². The van der Waals surface area contributed by atoms with Crippen LogP contribution in [0.2, 0.25) is 0 Å². The summed E-state index contributed by atoms with van der Waals surface area (Å²) < 4.78 is 14.6. The predicted octanol–water partition coefficient (Wildman–Crippen LogP) is 3.21. The summed E-state index contributed by atoms with van der Waals surface area (Å²) in [5.74, 6) is 0.773. The normalized spacial score (nSPS) is 12.3. The number of aromatic nitrogens is 3. The van der Waals surface area contributed by atoms with Crippen LogP contribution in [0.4, 0.5) is 0 Å². The van der Waals surface area contributed by atoms with Gasteiger partial charge in [-0.1, -0.05) is 43.7 Å². The van der Waals surface area contributed by atoms with Crippen molar-refractivity contribution in [1.82, 2.24) is 15.0 Å². The third kappa shape index (κ3) is 4.39. The maximum Gasteiger partial charge on any atom is 0.182 e. The molecule has 0 radical (unpaired) electrons. The molecule has 1 heterocycles. The minimum Gasteiger partial charge on any atom is -0.471 e. The number of hydrogen-bond acceptors (Lipinski definition) is 3. The number of rotatable bonds is 4. The molecule has 0 unspecified atom stereocenters. The second-order valence-corrected chi connectivity index (χ2v) is 5.90. The molecule has 2 aromatic rings. The van der Waals surface area contributed by atoms with Crippen LogP contribution < -0.4 is 4.74 Å². The molecule has 0 fully saturated rings. The number of ether oxygens (including phenoxy) is 1. The van der Waals surface area contributed by atoms with Crippen molar-refractivity contribution < 1.29 is 6.11 Å². The van der Waals surface area contributed by atoms with E-state index in [1.165, 1.54) is 0 Å².